The van der Waals surface area contributed by atoms with E-state index in [9.17, 15) is 18.0 Å². The fraction of sp³-hybridized carbons (Fsp3) is 0.611. The van der Waals surface area contributed by atoms with Crippen molar-refractivity contribution in [2.45, 2.75) is 31.9 Å². The van der Waals surface area contributed by atoms with Crippen molar-refractivity contribution in [3.63, 3.8) is 0 Å². The maximum absolute atomic E-state index is 14.0. The first-order valence-electron chi connectivity index (χ1n) is 8.90. The van der Waals surface area contributed by atoms with Crippen LogP contribution in [0.15, 0.2) is 12.1 Å². The lowest BCUT2D eigenvalue weighted by molar-refractivity contribution is 0.0627. The van der Waals surface area contributed by atoms with Gasteiger partial charge < -0.3 is 24.0 Å². The van der Waals surface area contributed by atoms with E-state index in [-0.39, 0.29) is 30.7 Å². The molecule has 1 saturated heterocycles. The molecule has 2 aliphatic rings. The van der Waals surface area contributed by atoms with E-state index in [1.54, 1.807) is 11.8 Å². The Labute approximate surface area is 155 Å². The topological polar surface area (TPSA) is 51.2 Å². The number of alkyl halides is 2. The molecule has 1 aromatic rings. The molecule has 6 nitrogen and oxygen atoms in total. The number of amides is 1. The number of halogens is 3. The molecule has 9 heteroatoms. The normalized spacial score (nSPS) is 22.0. The highest BCUT2D eigenvalue weighted by Crippen LogP contribution is 2.43. The molecule has 0 spiro atoms. The van der Waals surface area contributed by atoms with E-state index >= 15 is 0 Å². The molecule has 2 aliphatic heterocycles. The number of piperazine rings is 1. The average molecular weight is 388 g/mol. The summed E-state index contributed by atoms with van der Waals surface area (Å²) in [5, 5.41) is 0. The first-order chi connectivity index (χ1) is 12.9. The second kappa shape index (κ2) is 8.24. The number of anilines is 1. The number of methoxy groups -OCH3 is 1. The predicted octanol–water partition coefficient (Wildman–Crippen LogP) is 3.21. The van der Waals surface area contributed by atoms with E-state index in [1.807, 2.05) is 4.90 Å². The lowest BCUT2D eigenvalue weighted by atomic mass is 10.0. The molecular formula is C18H23F3N2O4. The van der Waals surface area contributed by atoms with Crippen LogP contribution in [0.3, 0.4) is 0 Å². The van der Waals surface area contributed by atoms with Crippen molar-refractivity contribution in [1.29, 1.82) is 0 Å². The molecule has 0 N–H and O–H groups in total. The Morgan fingerprint density at radius 1 is 1.37 bits per heavy atom. The number of carbonyl (C=O) groups excluding carboxylic acids is 1. The molecule has 0 unspecified atom stereocenters. The SMILES string of the molecule is CCOC(=O)N1CCN2c3cc(F)cc(C(F)F)c3O[C@H](COC)C[C@H]2C1. The quantitative estimate of drug-likeness (QED) is 0.793. The number of hydrogen-bond donors (Lipinski definition) is 0. The lowest BCUT2D eigenvalue weighted by Crippen LogP contribution is -2.55. The van der Waals surface area contributed by atoms with Gasteiger partial charge in [0.05, 0.1) is 30.5 Å². The van der Waals surface area contributed by atoms with Gasteiger partial charge in [0.25, 0.3) is 6.43 Å². The maximum Gasteiger partial charge on any atom is 0.409 e. The third-order valence-electron chi connectivity index (χ3n) is 4.79. The summed E-state index contributed by atoms with van der Waals surface area (Å²) in [5.74, 6) is -0.759. The molecule has 1 fully saturated rings. The highest BCUT2D eigenvalue weighted by atomic mass is 19.3. The minimum Gasteiger partial charge on any atom is -0.485 e. The van der Waals surface area contributed by atoms with Crippen LogP contribution in [0.2, 0.25) is 0 Å². The number of hydrogen-bond acceptors (Lipinski definition) is 5. The van der Waals surface area contributed by atoms with Gasteiger partial charge in [0.15, 0.2) is 5.75 Å². The van der Waals surface area contributed by atoms with Crippen molar-refractivity contribution < 1.29 is 32.2 Å². The van der Waals surface area contributed by atoms with Gasteiger partial charge >= 0.3 is 6.09 Å². The van der Waals surface area contributed by atoms with Crippen molar-refractivity contribution in [2.24, 2.45) is 0 Å². The summed E-state index contributed by atoms with van der Waals surface area (Å²) < 4.78 is 57.1. The Bertz CT molecular complexity index is 689. The van der Waals surface area contributed by atoms with Crippen LogP contribution < -0.4 is 9.64 Å². The van der Waals surface area contributed by atoms with Crippen LogP contribution in [0.1, 0.15) is 25.3 Å². The van der Waals surface area contributed by atoms with Gasteiger partial charge in [-0.1, -0.05) is 0 Å². The van der Waals surface area contributed by atoms with E-state index in [4.69, 9.17) is 14.2 Å². The monoisotopic (exact) mass is 388 g/mol. The lowest BCUT2D eigenvalue weighted by Gasteiger charge is -2.41. The Morgan fingerprint density at radius 3 is 2.81 bits per heavy atom. The highest BCUT2D eigenvalue weighted by Gasteiger charge is 2.38. The summed E-state index contributed by atoms with van der Waals surface area (Å²) in [5.41, 5.74) is -0.183. The van der Waals surface area contributed by atoms with E-state index in [1.165, 1.54) is 13.2 Å². The summed E-state index contributed by atoms with van der Waals surface area (Å²) in [6.07, 6.45) is -3.33. The van der Waals surface area contributed by atoms with Gasteiger partial charge in [-0.25, -0.2) is 18.0 Å². The molecule has 0 saturated carbocycles. The van der Waals surface area contributed by atoms with Crippen molar-refractivity contribution in [3.8, 4) is 5.75 Å². The second-order valence-electron chi connectivity index (χ2n) is 6.57. The molecular weight excluding hydrogens is 365 g/mol. The third-order valence-corrected chi connectivity index (χ3v) is 4.79. The fourth-order valence-electron chi connectivity index (χ4n) is 3.66. The van der Waals surface area contributed by atoms with Gasteiger partial charge in [-0.2, -0.15) is 0 Å². The van der Waals surface area contributed by atoms with E-state index in [0.29, 0.717) is 26.1 Å². The molecule has 1 aromatic carbocycles. The number of rotatable bonds is 4. The van der Waals surface area contributed by atoms with E-state index in [2.05, 4.69) is 0 Å². The highest BCUT2D eigenvalue weighted by molar-refractivity contribution is 5.69. The Balaban J connectivity index is 1.97. The van der Waals surface area contributed by atoms with Gasteiger partial charge in [0, 0.05) is 39.2 Å². The van der Waals surface area contributed by atoms with Crippen molar-refractivity contribution in [3.05, 3.63) is 23.5 Å². The first-order valence-corrected chi connectivity index (χ1v) is 8.90. The minimum absolute atomic E-state index is 0.0134. The average Bonchev–Trinajstić information content (AvgIpc) is 2.77. The molecule has 0 aliphatic carbocycles. The van der Waals surface area contributed by atoms with Crippen LogP contribution in [0.25, 0.3) is 0 Å². The van der Waals surface area contributed by atoms with Crippen LogP contribution in [-0.4, -0.2) is 63.1 Å². The number of carbonyl (C=O) groups is 1. The molecule has 3 rings (SSSR count). The summed E-state index contributed by atoms with van der Waals surface area (Å²) >= 11 is 0. The minimum atomic E-state index is -2.87. The molecule has 0 radical (unpaired) electrons. The zero-order chi connectivity index (χ0) is 19.6. The number of nitrogens with zero attached hydrogens (tertiary/aromatic N) is 2. The van der Waals surface area contributed by atoms with Gasteiger partial charge in [0.1, 0.15) is 11.9 Å². The molecule has 2 heterocycles. The largest absolute Gasteiger partial charge is 0.485 e. The summed E-state index contributed by atoms with van der Waals surface area (Å²) in [4.78, 5) is 15.5. The Hall–Kier alpha value is -2.16. The number of fused-ring (bicyclic) bond motifs is 3. The molecule has 1 amide bonds. The molecule has 0 aromatic heterocycles. The molecule has 0 bridgehead atoms. The third kappa shape index (κ3) is 4.07. The zero-order valence-corrected chi connectivity index (χ0v) is 15.3. The smallest absolute Gasteiger partial charge is 0.409 e. The molecule has 27 heavy (non-hydrogen) atoms. The zero-order valence-electron chi connectivity index (χ0n) is 15.3. The Morgan fingerprint density at radius 2 is 2.15 bits per heavy atom. The summed E-state index contributed by atoms with van der Waals surface area (Å²) in [7, 11) is 1.50. The van der Waals surface area contributed by atoms with Crippen molar-refractivity contribution in [2.75, 3.05) is 44.9 Å². The fourth-order valence-corrected chi connectivity index (χ4v) is 3.66. The van der Waals surface area contributed by atoms with Crippen LogP contribution in [0.5, 0.6) is 5.75 Å². The van der Waals surface area contributed by atoms with Crippen LogP contribution in [0.4, 0.5) is 23.7 Å². The van der Waals surface area contributed by atoms with Gasteiger partial charge in [0.2, 0.25) is 0 Å². The summed E-state index contributed by atoms with van der Waals surface area (Å²) in [6.45, 7) is 3.25. The van der Waals surface area contributed by atoms with Crippen LogP contribution in [0, 0.1) is 5.82 Å². The van der Waals surface area contributed by atoms with Gasteiger partial charge in [-0.15, -0.1) is 0 Å². The summed E-state index contributed by atoms with van der Waals surface area (Å²) in [6, 6.07) is 1.79. The van der Waals surface area contributed by atoms with E-state index < -0.39 is 30.0 Å². The van der Waals surface area contributed by atoms with Crippen LogP contribution in [-0.2, 0) is 9.47 Å². The standard InChI is InChI=1S/C18H23F3N2O4/c1-3-26-18(24)22-4-5-23-12(9-22)8-13(10-25-2)27-16-14(17(20)21)6-11(19)7-15(16)23/h6-7,12-13,17H,3-5,8-10H2,1-2H3/t12-,13-/m0/s1. The van der Waals surface area contributed by atoms with Crippen molar-refractivity contribution in [1.82, 2.24) is 4.90 Å². The van der Waals surface area contributed by atoms with Crippen LogP contribution >= 0.6 is 0 Å². The van der Waals surface area contributed by atoms with E-state index in [0.717, 1.165) is 6.07 Å². The van der Waals surface area contributed by atoms with Gasteiger partial charge in [-0.05, 0) is 13.0 Å². The van der Waals surface area contributed by atoms with Gasteiger partial charge in [-0.3, -0.25) is 0 Å². The number of benzene rings is 1. The first kappa shape index (κ1) is 19.6. The molecule has 150 valence electrons. The van der Waals surface area contributed by atoms with Crippen molar-refractivity contribution >= 4 is 11.8 Å². The maximum atomic E-state index is 14.0. The number of ether oxygens (including phenoxy) is 3. The predicted molar refractivity (Wildman–Crippen MR) is 92.0 cm³/mol. The second-order valence-corrected chi connectivity index (χ2v) is 6.57. The Kier molecular flexibility index (Phi) is 5.98. The molecule has 2 atom stereocenters.